The summed E-state index contributed by atoms with van der Waals surface area (Å²) in [6.07, 6.45) is 0. The predicted molar refractivity (Wildman–Crippen MR) is 66.6 cm³/mol. The Morgan fingerprint density at radius 2 is 1.94 bits per heavy atom. The molecule has 0 aromatic heterocycles. The van der Waals surface area contributed by atoms with Crippen molar-refractivity contribution in [3.05, 3.63) is 34.9 Å². The number of hydrogen-bond donors (Lipinski definition) is 2. The standard InChI is InChI=1S/C12H17ClN2O/c1-9(14-7-8-15-10(2)16)11-3-5-12(13)6-4-11/h3-6,9,14H,7-8H2,1-2H3,(H,15,16)/t9-/m1/s1. The highest BCUT2D eigenvalue weighted by atomic mass is 35.5. The molecule has 0 aliphatic rings. The number of nitrogens with one attached hydrogen (secondary N) is 2. The van der Waals surface area contributed by atoms with E-state index in [-0.39, 0.29) is 11.9 Å². The summed E-state index contributed by atoms with van der Waals surface area (Å²) in [5, 5.41) is 6.80. The van der Waals surface area contributed by atoms with Crippen LogP contribution in [0, 0.1) is 0 Å². The molecule has 0 radical (unpaired) electrons. The van der Waals surface area contributed by atoms with Gasteiger partial charge >= 0.3 is 0 Å². The fraction of sp³-hybridized carbons (Fsp3) is 0.417. The summed E-state index contributed by atoms with van der Waals surface area (Å²) in [5.41, 5.74) is 1.19. The van der Waals surface area contributed by atoms with Gasteiger partial charge in [0.2, 0.25) is 5.91 Å². The van der Waals surface area contributed by atoms with Crippen molar-refractivity contribution in [1.82, 2.24) is 10.6 Å². The second kappa shape index (κ2) is 6.51. The smallest absolute Gasteiger partial charge is 0.216 e. The second-order valence-electron chi connectivity index (χ2n) is 3.71. The molecule has 0 heterocycles. The van der Waals surface area contributed by atoms with Gasteiger partial charge in [-0.2, -0.15) is 0 Å². The minimum atomic E-state index is 0.000876. The van der Waals surface area contributed by atoms with Crippen molar-refractivity contribution in [1.29, 1.82) is 0 Å². The molecule has 0 fully saturated rings. The average molecular weight is 241 g/mol. The van der Waals surface area contributed by atoms with Crippen molar-refractivity contribution in [2.24, 2.45) is 0 Å². The van der Waals surface area contributed by atoms with Crippen molar-refractivity contribution in [2.45, 2.75) is 19.9 Å². The molecule has 2 N–H and O–H groups in total. The van der Waals surface area contributed by atoms with Gasteiger partial charge < -0.3 is 10.6 Å². The van der Waals surface area contributed by atoms with Crippen LogP contribution >= 0.6 is 11.6 Å². The van der Waals surface area contributed by atoms with Crippen LogP contribution in [0.25, 0.3) is 0 Å². The fourth-order valence-corrected chi connectivity index (χ4v) is 1.52. The minimum absolute atomic E-state index is 0.000876. The molecule has 4 heteroatoms. The summed E-state index contributed by atoms with van der Waals surface area (Å²) in [5.74, 6) is 0.000876. The maximum Gasteiger partial charge on any atom is 0.216 e. The quantitative estimate of drug-likeness (QED) is 0.775. The van der Waals surface area contributed by atoms with Gasteiger partial charge in [0, 0.05) is 31.1 Å². The summed E-state index contributed by atoms with van der Waals surface area (Å²) in [4.78, 5) is 10.6. The SMILES string of the molecule is CC(=O)NCCN[C@H](C)c1ccc(Cl)cc1. The third-order valence-electron chi connectivity index (χ3n) is 2.32. The lowest BCUT2D eigenvalue weighted by atomic mass is 10.1. The van der Waals surface area contributed by atoms with Gasteiger partial charge in [0.05, 0.1) is 0 Å². The van der Waals surface area contributed by atoms with E-state index >= 15 is 0 Å². The molecule has 1 amide bonds. The van der Waals surface area contributed by atoms with Gasteiger partial charge in [-0.3, -0.25) is 4.79 Å². The molecule has 16 heavy (non-hydrogen) atoms. The predicted octanol–water partition coefficient (Wildman–Crippen LogP) is 2.13. The lowest BCUT2D eigenvalue weighted by molar-refractivity contribution is -0.118. The van der Waals surface area contributed by atoms with Crippen molar-refractivity contribution in [3.63, 3.8) is 0 Å². The van der Waals surface area contributed by atoms with Crippen LogP contribution in [0.3, 0.4) is 0 Å². The third kappa shape index (κ3) is 4.64. The van der Waals surface area contributed by atoms with E-state index in [1.807, 2.05) is 24.3 Å². The van der Waals surface area contributed by atoms with Crippen LogP contribution in [0.5, 0.6) is 0 Å². The number of rotatable bonds is 5. The molecule has 0 aliphatic heterocycles. The number of amides is 1. The minimum Gasteiger partial charge on any atom is -0.355 e. The topological polar surface area (TPSA) is 41.1 Å². The summed E-state index contributed by atoms with van der Waals surface area (Å²) in [6.45, 7) is 5.00. The molecule has 0 bridgehead atoms. The van der Waals surface area contributed by atoms with Gasteiger partial charge in [-0.1, -0.05) is 23.7 Å². The molecule has 0 unspecified atom stereocenters. The maximum absolute atomic E-state index is 10.6. The summed E-state index contributed by atoms with van der Waals surface area (Å²) >= 11 is 5.81. The largest absolute Gasteiger partial charge is 0.355 e. The van der Waals surface area contributed by atoms with Crippen molar-refractivity contribution >= 4 is 17.5 Å². The lowest BCUT2D eigenvalue weighted by Gasteiger charge is -2.14. The lowest BCUT2D eigenvalue weighted by Crippen LogP contribution is -2.31. The first-order valence-corrected chi connectivity index (χ1v) is 5.70. The molecular formula is C12H17ClN2O. The van der Waals surface area contributed by atoms with Crippen LogP contribution < -0.4 is 10.6 Å². The molecule has 1 atom stereocenters. The highest BCUT2D eigenvalue weighted by Gasteiger charge is 2.03. The summed E-state index contributed by atoms with van der Waals surface area (Å²) in [6, 6.07) is 8.01. The molecular weight excluding hydrogens is 224 g/mol. The van der Waals surface area contributed by atoms with Gasteiger partial charge in [-0.05, 0) is 24.6 Å². The normalized spacial score (nSPS) is 12.2. The highest BCUT2D eigenvalue weighted by Crippen LogP contribution is 2.15. The van der Waals surface area contributed by atoms with E-state index in [1.54, 1.807) is 0 Å². The van der Waals surface area contributed by atoms with E-state index in [9.17, 15) is 4.79 Å². The van der Waals surface area contributed by atoms with Crippen molar-refractivity contribution < 1.29 is 4.79 Å². The second-order valence-corrected chi connectivity index (χ2v) is 4.15. The Morgan fingerprint density at radius 3 is 2.50 bits per heavy atom. The first-order valence-electron chi connectivity index (χ1n) is 5.33. The van der Waals surface area contributed by atoms with Crippen molar-refractivity contribution in [3.8, 4) is 0 Å². The monoisotopic (exact) mass is 240 g/mol. The molecule has 3 nitrogen and oxygen atoms in total. The van der Waals surface area contributed by atoms with E-state index in [1.165, 1.54) is 12.5 Å². The number of carbonyl (C=O) groups is 1. The van der Waals surface area contributed by atoms with Crippen LogP contribution in [0.15, 0.2) is 24.3 Å². The van der Waals surface area contributed by atoms with Crippen molar-refractivity contribution in [2.75, 3.05) is 13.1 Å². The van der Waals surface area contributed by atoms with Crippen LogP contribution in [0.2, 0.25) is 5.02 Å². The van der Waals surface area contributed by atoms with E-state index in [2.05, 4.69) is 17.6 Å². The molecule has 88 valence electrons. The van der Waals surface area contributed by atoms with Gasteiger partial charge in [-0.15, -0.1) is 0 Å². The van der Waals surface area contributed by atoms with E-state index < -0.39 is 0 Å². The molecule has 0 saturated heterocycles. The zero-order valence-electron chi connectivity index (χ0n) is 9.59. The van der Waals surface area contributed by atoms with E-state index in [4.69, 9.17) is 11.6 Å². The molecule has 0 aliphatic carbocycles. The highest BCUT2D eigenvalue weighted by molar-refractivity contribution is 6.30. The Bertz CT molecular complexity index is 337. The summed E-state index contributed by atoms with van der Waals surface area (Å²) in [7, 11) is 0. The third-order valence-corrected chi connectivity index (χ3v) is 2.57. The van der Waals surface area contributed by atoms with Crippen LogP contribution in [0.4, 0.5) is 0 Å². The number of carbonyl (C=O) groups excluding carboxylic acids is 1. The Morgan fingerprint density at radius 1 is 1.31 bits per heavy atom. The Balaban J connectivity index is 2.32. The molecule has 0 saturated carbocycles. The molecule has 1 aromatic rings. The zero-order chi connectivity index (χ0) is 12.0. The molecule has 0 spiro atoms. The van der Waals surface area contributed by atoms with Crippen LogP contribution in [0.1, 0.15) is 25.5 Å². The van der Waals surface area contributed by atoms with Gasteiger partial charge in [-0.25, -0.2) is 0 Å². The average Bonchev–Trinajstić information content (AvgIpc) is 2.25. The fourth-order valence-electron chi connectivity index (χ4n) is 1.40. The molecule has 1 aromatic carbocycles. The van der Waals surface area contributed by atoms with Crippen LogP contribution in [-0.4, -0.2) is 19.0 Å². The number of benzene rings is 1. The van der Waals surface area contributed by atoms with Gasteiger partial charge in [0.1, 0.15) is 0 Å². The number of hydrogen-bond acceptors (Lipinski definition) is 2. The van der Waals surface area contributed by atoms with Gasteiger partial charge in [0.25, 0.3) is 0 Å². The molecule has 1 rings (SSSR count). The van der Waals surface area contributed by atoms with E-state index in [0.29, 0.717) is 6.54 Å². The summed E-state index contributed by atoms with van der Waals surface area (Å²) < 4.78 is 0. The number of halogens is 1. The zero-order valence-corrected chi connectivity index (χ0v) is 10.3. The van der Waals surface area contributed by atoms with E-state index in [0.717, 1.165) is 11.6 Å². The maximum atomic E-state index is 10.6. The van der Waals surface area contributed by atoms with Crippen LogP contribution in [-0.2, 0) is 4.79 Å². The Hall–Kier alpha value is -1.06. The Kier molecular flexibility index (Phi) is 5.29. The van der Waals surface area contributed by atoms with Gasteiger partial charge in [0.15, 0.2) is 0 Å². The first kappa shape index (κ1) is 13.0. The Labute approximate surface area is 101 Å². The first-order chi connectivity index (χ1) is 7.59.